The molecule has 1 nitrogen and oxygen atoms in total. The molecule has 0 aliphatic heterocycles. The van der Waals surface area contributed by atoms with E-state index in [1.807, 2.05) is 0 Å². The number of aromatic nitrogens is 1. The molecule has 0 fully saturated rings. The fourth-order valence-corrected chi connectivity index (χ4v) is 1.79. The van der Waals surface area contributed by atoms with E-state index in [9.17, 15) is 4.39 Å². The lowest BCUT2D eigenvalue weighted by atomic mass is 10.0. The summed E-state index contributed by atoms with van der Waals surface area (Å²) < 4.78 is 60.6. The topological polar surface area (TPSA) is 3.88 Å². The largest absolute Gasteiger partial charge is 0.212 e. The Morgan fingerprint density at radius 3 is 2.59 bits per heavy atom. The summed E-state index contributed by atoms with van der Waals surface area (Å²) in [5, 5.41) is 0. The third kappa shape index (κ3) is 2.21. The Kier molecular flexibility index (Phi) is 1.59. The van der Waals surface area contributed by atoms with Gasteiger partial charge in [0.25, 0.3) is 0 Å². The molecule has 0 radical (unpaired) electrons. The Bertz CT molecular complexity index is 749. The van der Waals surface area contributed by atoms with Crippen LogP contribution in [0.15, 0.2) is 30.5 Å². The Morgan fingerprint density at radius 1 is 1.12 bits per heavy atom. The molecule has 88 valence electrons. The first-order chi connectivity index (χ1) is 10.4. The number of rotatable bonds is 1. The molecule has 0 saturated heterocycles. The maximum Gasteiger partial charge on any atom is 0.212 e. The van der Waals surface area contributed by atoms with Crippen LogP contribution in [0, 0.1) is 26.4 Å². The summed E-state index contributed by atoms with van der Waals surface area (Å²) in [6.07, 6.45) is 1.29. The highest BCUT2D eigenvalue weighted by molar-refractivity contribution is 5.61. The Balaban J connectivity index is 2.80. The predicted octanol–water partition coefficient (Wildman–Crippen LogP) is 3.24. The van der Waals surface area contributed by atoms with Gasteiger partial charge in [0.05, 0.1) is 5.56 Å². The van der Waals surface area contributed by atoms with Gasteiger partial charge in [-0.25, -0.2) is 8.96 Å². The zero-order chi connectivity index (χ0) is 17.6. The van der Waals surface area contributed by atoms with Gasteiger partial charge in [-0.05, 0) is 43.9 Å². The molecule has 0 spiro atoms. The zero-order valence-electron chi connectivity index (χ0n) is 15.7. The van der Waals surface area contributed by atoms with E-state index in [0.717, 1.165) is 5.56 Å². The van der Waals surface area contributed by atoms with Crippen LogP contribution < -0.4 is 4.57 Å². The van der Waals surface area contributed by atoms with E-state index in [1.165, 1.54) is 29.0 Å². The van der Waals surface area contributed by atoms with Crippen molar-refractivity contribution in [3.05, 3.63) is 53.0 Å². The molecule has 2 heteroatoms. The van der Waals surface area contributed by atoms with Crippen LogP contribution >= 0.6 is 0 Å². The van der Waals surface area contributed by atoms with E-state index in [0.29, 0.717) is 11.3 Å². The molecule has 0 saturated carbocycles. The summed E-state index contributed by atoms with van der Waals surface area (Å²) in [4.78, 5) is 0. The minimum atomic E-state index is -2.58. The molecule has 0 N–H and O–H groups in total. The molecule has 2 aromatic rings. The standard InChI is InChI=1S/C15H17FN/c1-10-5-6-13(16)8-14(10)15-7-11(2)12(3)9-17(15)4/h5-9H,1-4H3/q+1/i2D3,3D3. The van der Waals surface area contributed by atoms with Gasteiger partial charge in [0.2, 0.25) is 5.69 Å². The number of halogens is 1. The van der Waals surface area contributed by atoms with Crippen molar-refractivity contribution in [1.29, 1.82) is 0 Å². The summed E-state index contributed by atoms with van der Waals surface area (Å²) in [7, 11) is 1.61. The number of benzene rings is 1. The number of nitrogens with zero attached hydrogens (tertiary/aromatic N) is 1. The number of aryl methyl sites for hydroxylation is 4. The second-order valence-electron chi connectivity index (χ2n) is 4.06. The SMILES string of the molecule is [2H]C([2H])([2H])c1cc(-c2cc(F)ccc2C)[n+](C)cc1C([2H])([2H])[2H]. The number of pyridine rings is 1. The second kappa shape index (κ2) is 4.28. The van der Waals surface area contributed by atoms with Gasteiger partial charge in [0.1, 0.15) is 12.9 Å². The van der Waals surface area contributed by atoms with Crippen LogP contribution in [-0.4, -0.2) is 0 Å². The first-order valence-electron chi connectivity index (χ1n) is 8.22. The summed E-state index contributed by atoms with van der Waals surface area (Å²) in [5.74, 6) is -0.444. The summed E-state index contributed by atoms with van der Waals surface area (Å²) in [6.45, 7) is -3.34. The lowest BCUT2D eigenvalue weighted by Gasteiger charge is -2.07. The Labute approximate surface area is 110 Å². The molecular formula is C15H17FN+. The molecule has 0 aliphatic carbocycles. The lowest BCUT2D eigenvalue weighted by molar-refractivity contribution is -0.660. The van der Waals surface area contributed by atoms with Gasteiger partial charge in [-0.2, -0.15) is 0 Å². The normalized spacial score (nSPS) is 17.4. The fourth-order valence-electron chi connectivity index (χ4n) is 1.79. The van der Waals surface area contributed by atoms with Gasteiger partial charge >= 0.3 is 0 Å². The summed E-state index contributed by atoms with van der Waals surface area (Å²) in [5.41, 5.74) is 1.27. The monoisotopic (exact) mass is 236 g/mol. The molecule has 0 amide bonds. The second-order valence-corrected chi connectivity index (χ2v) is 4.06. The molecule has 2 rings (SSSR count). The van der Waals surface area contributed by atoms with Gasteiger partial charge in [0.15, 0.2) is 6.20 Å². The highest BCUT2D eigenvalue weighted by Gasteiger charge is 2.14. The molecule has 17 heavy (non-hydrogen) atoms. The van der Waals surface area contributed by atoms with E-state index in [1.54, 1.807) is 20.0 Å². The Morgan fingerprint density at radius 2 is 1.88 bits per heavy atom. The van der Waals surface area contributed by atoms with Crippen LogP contribution in [0.25, 0.3) is 11.3 Å². The van der Waals surface area contributed by atoms with Crippen molar-refractivity contribution >= 4 is 0 Å². The van der Waals surface area contributed by atoms with Crippen LogP contribution in [0.4, 0.5) is 4.39 Å². The molecule has 1 aromatic carbocycles. The molecule has 0 unspecified atom stereocenters. The first kappa shape index (κ1) is 6.29. The van der Waals surface area contributed by atoms with Crippen molar-refractivity contribution in [3.63, 3.8) is 0 Å². The maximum absolute atomic E-state index is 13.6. The van der Waals surface area contributed by atoms with Crippen molar-refractivity contribution < 1.29 is 17.2 Å². The van der Waals surface area contributed by atoms with Gasteiger partial charge < -0.3 is 0 Å². The highest BCUT2D eigenvalue weighted by Crippen LogP contribution is 2.22. The van der Waals surface area contributed by atoms with Crippen LogP contribution in [-0.2, 0) is 7.05 Å². The van der Waals surface area contributed by atoms with Crippen molar-refractivity contribution in [3.8, 4) is 11.3 Å². The first-order valence-corrected chi connectivity index (χ1v) is 5.22. The van der Waals surface area contributed by atoms with Crippen molar-refractivity contribution in [1.82, 2.24) is 0 Å². The van der Waals surface area contributed by atoms with E-state index >= 15 is 0 Å². The van der Waals surface area contributed by atoms with Crippen molar-refractivity contribution in [2.45, 2.75) is 20.6 Å². The van der Waals surface area contributed by atoms with Gasteiger partial charge in [-0.15, -0.1) is 0 Å². The van der Waals surface area contributed by atoms with E-state index < -0.39 is 19.5 Å². The van der Waals surface area contributed by atoms with Gasteiger partial charge in [-0.1, -0.05) is 6.07 Å². The van der Waals surface area contributed by atoms with E-state index in [2.05, 4.69) is 0 Å². The van der Waals surface area contributed by atoms with Crippen LogP contribution in [0.1, 0.15) is 24.9 Å². The highest BCUT2D eigenvalue weighted by atomic mass is 19.1. The quantitative estimate of drug-likeness (QED) is 0.669. The Hall–Kier alpha value is -1.70. The van der Waals surface area contributed by atoms with Gasteiger partial charge in [-0.3, -0.25) is 0 Å². The summed E-state index contributed by atoms with van der Waals surface area (Å²) in [6, 6.07) is 5.54. The number of hydrogen-bond donors (Lipinski definition) is 0. The van der Waals surface area contributed by atoms with E-state index in [4.69, 9.17) is 8.22 Å². The maximum atomic E-state index is 13.6. The average Bonchev–Trinajstić information content (AvgIpc) is 2.39. The van der Waals surface area contributed by atoms with Crippen molar-refractivity contribution in [2.75, 3.05) is 0 Å². The lowest BCUT2D eigenvalue weighted by Crippen LogP contribution is -2.31. The molecule has 1 heterocycles. The van der Waals surface area contributed by atoms with Crippen LogP contribution in [0.2, 0.25) is 0 Å². The number of hydrogen-bond acceptors (Lipinski definition) is 0. The molecule has 1 aromatic heterocycles. The van der Waals surface area contributed by atoms with Gasteiger partial charge in [0, 0.05) is 19.9 Å². The van der Waals surface area contributed by atoms with Crippen LogP contribution in [0.5, 0.6) is 0 Å². The summed E-state index contributed by atoms with van der Waals surface area (Å²) >= 11 is 0. The predicted molar refractivity (Wildman–Crippen MR) is 67.2 cm³/mol. The zero-order valence-corrected chi connectivity index (χ0v) is 9.71. The molecular weight excluding hydrogens is 213 g/mol. The van der Waals surface area contributed by atoms with E-state index in [-0.39, 0.29) is 11.1 Å². The molecule has 0 aliphatic rings. The molecule has 0 atom stereocenters. The minimum absolute atomic E-state index is 0.224. The third-order valence-electron chi connectivity index (χ3n) is 2.75. The van der Waals surface area contributed by atoms with Crippen molar-refractivity contribution in [2.24, 2.45) is 7.05 Å². The van der Waals surface area contributed by atoms with Crippen LogP contribution in [0.3, 0.4) is 0 Å². The fraction of sp³-hybridized carbons (Fsp3) is 0.267. The average molecular weight is 236 g/mol. The minimum Gasteiger partial charge on any atom is -0.207 e. The third-order valence-corrected chi connectivity index (χ3v) is 2.75. The molecule has 0 bridgehead atoms. The smallest absolute Gasteiger partial charge is 0.207 e.